The van der Waals surface area contributed by atoms with Crippen molar-refractivity contribution in [3.05, 3.63) is 0 Å². The Kier molecular flexibility index (Phi) is 4.90. The second-order valence-electron chi connectivity index (χ2n) is 3.89. The van der Waals surface area contributed by atoms with E-state index in [4.69, 9.17) is 5.11 Å². The monoisotopic (exact) mass is 200 g/mol. The van der Waals surface area contributed by atoms with E-state index in [1.807, 2.05) is 0 Å². The molecule has 0 saturated carbocycles. The van der Waals surface area contributed by atoms with Crippen LogP contribution in [-0.2, 0) is 4.79 Å². The van der Waals surface area contributed by atoms with Crippen molar-refractivity contribution in [3.8, 4) is 0 Å². The molecule has 1 aliphatic rings. The fraction of sp³-hybridized carbons (Fsp3) is 0.900. The summed E-state index contributed by atoms with van der Waals surface area (Å²) in [6, 6.07) is 0. The van der Waals surface area contributed by atoms with E-state index in [1.54, 1.807) is 7.05 Å². The molecule has 1 aliphatic heterocycles. The first-order chi connectivity index (χ1) is 6.76. The van der Waals surface area contributed by atoms with Crippen molar-refractivity contribution < 1.29 is 9.90 Å². The summed E-state index contributed by atoms with van der Waals surface area (Å²) in [5.74, 6) is 0.736. The van der Waals surface area contributed by atoms with Crippen LogP contribution < -0.4 is 5.32 Å². The van der Waals surface area contributed by atoms with Crippen molar-refractivity contribution in [1.82, 2.24) is 10.2 Å². The van der Waals surface area contributed by atoms with Gasteiger partial charge in [-0.1, -0.05) is 0 Å². The smallest absolute Gasteiger partial charge is 0.221 e. The number of nitrogens with zero attached hydrogens (tertiary/aromatic N) is 1. The van der Waals surface area contributed by atoms with Crippen LogP contribution in [0.3, 0.4) is 0 Å². The summed E-state index contributed by atoms with van der Waals surface area (Å²) >= 11 is 0. The van der Waals surface area contributed by atoms with Gasteiger partial charge in [0.1, 0.15) is 0 Å². The summed E-state index contributed by atoms with van der Waals surface area (Å²) < 4.78 is 0. The van der Waals surface area contributed by atoms with Crippen LogP contribution in [0.1, 0.15) is 19.3 Å². The average Bonchev–Trinajstić information content (AvgIpc) is 2.63. The number of hydrogen-bond acceptors (Lipinski definition) is 3. The third-order valence-corrected chi connectivity index (χ3v) is 2.84. The van der Waals surface area contributed by atoms with Crippen molar-refractivity contribution >= 4 is 5.91 Å². The highest BCUT2D eigenvalue weighted by atomic mass is 16.3. The number of aliphatic hydroxyl groups is 1. The molecule has 0 aromatic heterocycles. The van der Waals surface area contributed by atoms with Crippen LogP contribution in [0.15, 0.2) is 0 Å². The van der Waals surface area contributed by atoms with E-state index in [2.05, 4.69) is 10.2 Å². The molecule has 1 unspecified atom stereocenters. The van der Waals surface area contributed by atoms with Crippen LogP contribution in [0.5, 0.6) is 0 Å². The number of likely N-dealkylation sites (tertiary alicyclic amines) is 1. The molecule has 4 nitrogen and oxygen atoms in total. The highest BCUT2D eigenvalue weighted by Crippen LogP contribution is 2.18. The Balaban J connectivity index is 2.13. The number of rotatable bonds is 5. The Morgan fingerprint density at radius 1 is 1.64 bits per heavy atom. The third kappa shape index (κ3) is 3.64. The largest absolute Gasteiger partial charge is 0.396 e. The lowest BCUT2D eigenvalue weighted by molar-refractivity contribution is -0.120. The van der Waals surface area contributed by atoms with Gasteiger partial charge in [-0.25, -0.2) is 0 Å². The molecule has 4 heteroatoms. The highest BCUT2D eigenvalue weighted by Gasteiger charge is 2.21. The zero-order valence-corrected chi connectivity index (χ0v) is 8.83. The van der Waals surface area contributed by atoms with E-state index < -0.39 is 0 Å². The van der Waals surface area contributed by atoms with E-state index >= 15 is 0 Å². The molecule has 82 valence electrons. The topological polar surface area (TPSA) is 52.6 Å². The van der Waals surface area contributed by atoms with Gasteiger partial charge >= 0.3 is 0 Å². The normalized spacial score (nSPS) is 22.6. The SMILES string of the molecule is CNC(=O)CCN1CCC(CCO)C1. The zero-order chi connectivity index (χ0) is 10.4. The number of carbonyl (C=O) groups excluding carboxylic acids is 1. The van der Waals surface area contributed by atoms with Crippen LogP contribution in [0.4, 0.5) is 0 Å². The van der Waals surface area contributed by atoms with E-state index in [0.717, 1.165) is 32.5 Å². The minimum Gasteiger partial charge on any atom is -0.396 e. The lowest BCUT2D eigenvalue weighted by Gasteiger charge is -2.14. The van der Waals surface area contributed by atoms with Crippen molar-refractivity contribution in [2.45, 2.75) is 19.3 Å². The number of hydrogen-bond donors (Lipinski definition) is 2. The summed E-state index contributed by atoms with van der Waals surface area (Å²) in [6.07, 6.45) is 2.65. The molecule has 0 spiro atoms. The van der Waals surface area contributed by atoms with Gasteiger partial charge in [0, 0.05) is 33.2 Å². The Morgan fingerprint density at radius 2 is 2.43 bits per heavy atom. The Bertz CT molecular complexity index is 185. The van der Waals surface area contributed by atoms with Gasteiger partial charge in [-0.05, 0) is 25.3 Å². The van der Waals surface area contributed by atoms with Crippen LogP contribution in [0, 0.1) is 5.92 Å². The molecule has 14 heavy (non-hydrogen) atoms. The zero-order valence-electron chi connectivity index (χ0n) is 8.83. The van der Waals surface area contributed by atoms with E-state index in [0.29, 0.717) is 12.3 Å². The molecule has 0 radical (unpaired) electrons. The second kappa shape index (κ2) is 5.98. The summed E-state index contributed by atoms with van der Waals surface area (Å²) in [7, 11) is 1.67. The summed E-state index contributed by atoms with van der Waals surface area (Å²) in [4.78, 5) is 13.3. The number of aliphatic hydroxyl groups excluding tert-OH is 1. The molecule has 1 amide bonds. The van der Waals surface area contributed by atoms with Crippen molar-refractivity contribution in [1.29, 1.82) is 0 Å². The molecule has 1 saturated heterocycles. The van der Waals surface area contributed by atoms with Gasteiger partial charge < -0.3 is 15.3 Å². The standard InChI is InChI=1S/C10H20N2O2/c1-11-10(14)3-6-12-5-2-9(8-12)4-7-13/h9,13H,2-8H2,1H3,(H,11,14). The number of nitrogens with one attached hydrogen (secondary N) is 1. The first kappa shape index (κ1) is 11.5. The predicted octanol–water partition coefficient (Wildman–Crippen LogP) is -0.173. The van der Waals surface area contributed by atoms with E-state index in [9.17, 15) is 4.79 Å². The molecule has 1 rings (SSSR count). The second-order valence-corrected chi connectivity index (χ2v) is 3.89. The van der Waals surface area contributed by atoms with Crippen molar-refractivity contribution in [3.63, 3.8) is 0 Å². The van der Waals surface area contributed by atoms with Crippen LogP contribution >= 0.6 is 0 Å². The van der Waals surface area contributed by atoms with Crippen LogP contribution in [0.2, 0.25) is 0 Å². The summed E-state index contributed by atoms with van der Waals surface area (Å²) in [5, 5.41) is 11.4. The fourth-order valence-electron chi connectivity index (χ4n) is 1.92. The maximum atomic E-state index is 11.0. The number of amides is 1. The van der Waals surface area contributed by atoms with Gasteiger partial charge in [-0.2, -0.15) is 0 Å². The maximum Gasteiger partial charge on any atom is 0.221 e. The molecule has 0 aromatic rings. The maximum absolute atomic E-state index is 11.0. The third-order valence-electron chi connectivity index (χ3n) is 2.84. The Labute approximate surface area is 85.3 Å². The quantitative estimate of drug-likeness (QED) is 0.647. The van der Waals surface area contributed by atoms with Crippen LogP contribution in [-0.4, -0.2) is 49.2 Å². The first-order valence-corrected chi connectivity index (χ1v) is 5.30. The molecule has 1 heterocycles. The first-order valence-electron chi connectivity index (χ1n) is 5.30. The molecule has 0 bridgehead atoms. The Morgan fingerprint density at radius 3 is 3.07 bits per heavy atom. The summed E-state index contributed by atoms with van der Waals surface area (Å²) in [5.41, 5.74) is 0. The highest BCUT2D eigenvalue weighted by molar-refractivity contribution is 5.75. The van der Waals surface area contributed by atoms with Crippen molar-refractivity contribution in [2.75, 3.05) is 33.3 Å². The molecular formula is C10H20N2O2. The van der Waals surface area contributed by atoms with Gasteiger partial charge in [0.25, 0.3) is 0 Å². The number of carbonyl (C=O) groups is 1. The van der Waals surface area contributed by atoms with Gasteiger partial charge in [0.2, 0.25) is 5.91 Å². The van der Waals surface area contributed by atoms with Gasteiger partial charge in [0.15, 0.2) is 0 Å². The lowest BCUT2D eigenvalue weighted by atomic mass is 10.1. The molecule has 2 N–H and O–H groups in total. The Hall–Kier alpha value is -0.610. The molecule has 1 fully saturated rings. The minimum atomic E-state index is 0.107. The lowest BCUT2D eigenvalue weighted by Crippen LogP contribution is -2.27. The van der Waals surface area contributed by atoms with Gasteiger partial charge in [0.05, 0.1) is 0 Å². The van der Waals surface area contributed by atoms with Gasteiger partial charge in [-0.15, -0.1) is 0 Å². The minimum absolute atomic E-state index is 0.107. The fourth-order valence-corrected chi connectivity index (χ4v) is 1.92. The molecule has 0 aromatic carbocycles. The molecular weight excluding hydrogens is 180 g/mol. The predicted molar refractivity (Wildman–Crippen MR) is 54.9 cm³/mol. The average molecular weight is 200 g/mol. The van der Waals surface area contributed by atoms with E-state index in [-0.39, 0.29) is 12.5 Å². The van der Waals surface area contributed by atoms with Crippen LogP contribution in [0.25, 0.3) is 0 Å². The molecule has 0 aliphatic carbocycles. The molecule has 1 atom stereocenters. The van der Waals surface area contributed by atoms with Crippen molar-refractivity contribution in [2.24, 2.45) is 5.92 Å². The van der Waals surface area contributed by atoms with E-state index in [1.165, 1.54) is 0 Å². The summed E-state index contributed by atoms with van der Waals surface area (Å²) in [6.45, 7) is 3.24. The van der Waals surface area contributed by atoms with Gasteiger partial charge in [-0.3, -0.25) is 4.79 Å².